The summed E-state index contributed by atoms with van der Waals surface area (Å²) in [4.78, 5) is 29.8. The highest BCUT2D eigenvalue weighted by atomic mass is 19.4. The third-order valence-electron chi connectivity index (χ3n) is 8.08. The average Bonchev–Trinajstić information content (AvgIpc) is 3.45. The molecule has 1 aliphatic rings. The zero-order valence-corrected chi connectivity index (χ0v) is 29.3. The van der Waals surface area contributed by atoms with Gasteiger partial charge in [-0.2, -0.15) is 13.2 Å². The molecule has 4 rings (SSSR count). The molecule has 0 fully saturated rings. The molecule has 0 unspecified atom stereocenters. The van der Waals surface area contributed by atoms with Crippen LogP contribution in [0.3, 0.4) is 0 Å². The standard InChI is InChI=1S/C38H48F3N3O6/c1-27(44(36(46)50-37(2,3)4)19-21-48-32-14-8-9-15-33(32)49-26-38(39,40)41)22-29-23-30-16-18-43(34(30)31(24-29)35(42)45)17-10-11-20-47-25-28-12-6-5-7-13-28/h5-9,12-15,23-24,27H,10-11,16-22,25-26H2,1-4H3,(H2,42,45)/t27-/m1/s1. The largest absolute Gasteiger partial charge is 0.488 e. The van der Waals surface area contributed by atoms with Crippen LogP contribution in [0.1, 0.15) is 67.6 Å². The number of carbonyl (C=O) groups excluding carboxylic acids is 2. The monoisotopic (exact) mass is 699 g/mol. The minimum Gasteiger partial charge on any atom is -0.488 e. The first-order valence-electron chi connectivity index (χ1n) is 16.9. The molecule has 3 aromatic carbocycles. The molecule has 0 bridgehead atoms. The van der Waals surface area contributed by atoms with Crippen LogP contribution in [0.25, 0.3) is 0 Å². The van der Waals surface area contributed by atoms with Gasteiger partial charge in [-0.15, -0.1) is 0 Å². The van der Waals surface area contributed by atoms with Crippen LogP contribution in [0, 0.1) is 0 Å². The van der Waals surface area contributed by atoms with Crippen molar-refractivity contribution >= 4 is 17.7 Å². The maximum atomic E-state index is 13.4. The first-order valence-corrected chi connectivity index (χ1v) is 16.9. The van der Waals surface area contributed by atoms with Gasteiger partial charge in [0.15, 0.2) is 18.1 Å². The van der Waals surface area contributed by atoms with Gasteiger partial charge in [-0.05, 0) is 88.3 Å². The molecule has 0 radical (unpaired) electrons. The van der Waals surface area contributed by atoms with Gasteiger partial charge in [0.1, 0.15) is 12.2 Å². The summed E-state index contributed by atoms with van der Waals surface area (Å²) in [6.07, 6.45) is -2.12. The Bertz CT molecular complexity index is 1560. The first kappa shape index (κ1) is 38.4. The van der Waals surface area contributed by atoms with Crippen LogP contribution >= 0.6 is 0 Å². The fraction of sp³-hybridized carbons (Fsp3) is 0.474. The van der Waals surface area contributed by atoms with Gasteiger partial charge in [-0.1, -0.05) is 48.5 Å². The normalized spacial score (nSPS) is 13.5. The number of anilines is 1. The SMILES string of the molecule is C[C@H](Cc1cc2c(c(C(N)=O)c1)N(CCCCOCc1ccccc1)CC2)N(CCOc1ccccc1OCC(F)(F)F)C(=O)OC(C)(C)C. The van der Waals surface area contributed by atoms with Crippen LogP contribution in [0.5, 0.6) is 11.5 Å². The van der Waals surface area contributed by atoms with Crippen molar-refractivity contribution < 1.29 is 41.7 Å². The molecule has 2 amide bonds. The Kier molecular flexibility index (Phi) is 13.4. The molecule has 1 atom stereocenters. The number of hydrogen-bond donors (Lipinski definition) is 1. The zero-order chi connectivity index (χ0) is 36.3. The Morgan fingerprint density at radius 1 is 0.920 bits per heavy atom. The van der Waals surface area contributed by atoms with Gasteiger partial charge in [0.2, 0.25) is 0 Å². The summed E-state index contributed by atoms with van der Waals surface area (Å²) in [5.41, 5.74) is 9.46. The van der Waals surface area contributed by atoms with Crippen molar-refractivity contribution in [2.75, 3.05) is 44.4 Å². The Labute approximate surface area is 292 Å². The molecule has 0 spiro atoms. The maximum Gasteiger partial charge on any atom is 0.422 e. The number of fused-ring (bicyclic) bond motifs is 1. The Balaban J connectivity index is 1.40. The first-order chi connectivity index (χ1) is 23.7. The molecule has 1 aliphatic heterocycles. The van der Waals surface area contributed by atoms with E-state index in [0.717, 1.165) is 54.7 Å². The van der Waals surface area contributed by atoms with Crippen LogP contribution in [0.15, 0.2) is 66.7 Å². The van der Waals surface area contributed by atoms with Crippen molar-refractivity contribution in [3.8, 4) is 11.5 Å². The average molecular weight is 700 g/mol. The second kappa shape index (κ2) is 17.5. The number of hydrogen-bond acceptors (Lipinski definition) is 7. The lowest BCUT2D eigenvalue weighted by Crippen LogP contribution is -2.45. The van der Waals surface area contributed by atoms with Crippen molar-refractivity contribution in [1.29, 1.82) is 0 Å². The number of primary amides is 1. The summed E-state index contributed by atoms with van der Waals surface area (Å²) >= 11 is 0. The lowest BCUT2D eigenvalue weighted by molar-refractivity contribution is -0.153. The van der Waals surface area contributed by atoms with Crippen molar-refractivity contribution in [3.63, 3.8) is 0 Å². The molecule has 0 saturated carbocycles. The second-order valence-electron chi connectivity index (χ2n) is 13.4. The summed E-state index contributed by atoms with van der Waals surface area (Å²) < 4.78 is 60.5. The minimum absolute atomic E-state index is 0.0288. The van der Waals surface area contributed by atoms with Gasteiger partial charge in [0, 0.05) is 25.7 Å². The van der Waals surface area contributed by atoms with Gasteiger partial charge >= 0.3 is 12.3 Å². The molecule has 0 aliphatic carbocycles. The highest BCUT2D eigenvalue weighted by Gasteiger charge is 2.30. The smallest absolute Gasteiger partial charge is 0.422 e. The molecule has 9 nitrogen and oxygen atoms in total. The molecule has 50 heavy (non-hydrogen) atoms. The van der Waals surface area contributed by atoms with Gasteiger partial charge in [-0.25, -0.2) is 4.79 Å². The minimum atomic E-state index is -4.50. The molecule has 12 heteroatoms. The molecule has 0 saturated heterocycles. The number of unbranched alkanes of at least 4 members (excludes halogenated alkanes) is 1. The van der Waals surface area contributed by atoms with E-state index >= 15 is 0 Å². The fourth-order valence-corrected chi connectivity index (χ4v) is 5.86. The topological polar surface area (TPSA) is 104 Å². The predicted octanol–water partition coefficient (Wildman–Crippen LogP) is 7.33. The van der Waals surface area contributed by atoms with E-state index in [4.69, 9.17) is 24.7 Å². The molecular formula is C38H48F3N3O6. The van der Waals surface area contributed by atoms with E-state index in [2.05, 4.69) is 11.0 Å². The Morgan fingerprint density at radius 2 is 1.60 bits per heavy atom. The summed E-state index contributed by atoms with van der Waals surface area (Å²) in [5, 5.41) is 0. The lowest BCUT2D eigenvalue weighted by atomic mass is 9.97. The molecular weight excluding hydrogens is 651 g/mol. The number of carbonyl (C=O) groups is 2. The van der Waals surface area contributed by atoms with E-state index in [-0.39, 0.29) is 24.7 Å². The van der Waals surface area contributed by atoms with E-state index in [0.29, 0.717) is 25.2 Å². The number of amides is 2. The van der Waals surface area contributed by atoms with Gasteiger partial charge < -0.3 is 34.5 Å². The number of nitrogens with two attached hydrogens (primary N) is 1. The van der Waals surface area contributed by atoms with Crippen LogP contribution in [-0.4, -0.2) is 74.2 Å². The number of ether oxygens (including phenoxy) is 4. The third kappa shape index (κ3) is 11.9. The third-order valence-corrected chi connectivity index (χ3v) is 8.08. The highest BCUT2D eigenvalue weighted by Crippen LogP contribution is 2.34. The number of rotatable bonds is 17. The zero-order valence-electron chi connectivity index (χ0n) is 29.3. The van der Waals surface area contributed by atoms with E-state index in [9.17, 15) is 22.8 Å². The molecule has 0 aromatic heterocycles. The summed E-state index contributed by atoms with van der Waals surface area (Å²) in [7, 11) is 0. The summed E-state index contributed by atoms with van der Waals surface area (Å²) in [6, 6.07) is 19.6. The summed E-state index contributed by atoms with van der Waals surface area (Å²) in [5.74, 6) is -0.440. The number of nitrogens with zero attached hydrogens (tertiary/aromatic N) is 2. The lowest BCUT2D eigenvalue weighted by Gasteiger charge is -2.32. The fourth-order valence-electron chi connectivity index (χ4n) is 5.86. The Morgan fingerprint density at radius 3 is 2.26 bits per heavy atom. The molecule has 272 valence electrons. The highest BCUT2D eigenvalue weighted by molar-refractivity contribution is 6.00. The van der Waals surface area contributed by atoms with Gasteiger partial charge in [-0.3, -0.25) is 4.79 Å². The van der Waals surface area contributed by atoms with Crippen molar-refractivity contribution in [3.05, 3.63) is 89.0 Å². The van der Waals surface area contributed by atoms with Gasteiger partial charge in [0.05, 0.1) is 24.4 Å². The van der Waals surface area contributed by atoms with Crippen molar-refractivity contribution in [2.24, 2.45) is 5.73 Å². The van der Waals surface area contributed by atoms with Crippen molar-refractivity contribution in [1.82, 2.24) is 4.90 Å². The van der Waals surface area contributed by atoms with Crippen LogP contribution in [-0.2, 0) is 28.9 Å². The van der Waals surface area contributed by atoms with E-state index in [1.54, 1.807) is 39.0 Å². The summed E-state index contributed by atoms with van der Waals surface area (Å²) in [6.45, 7) is 8.53. The molecule has 2 N–H and O–H groups in total. The van der Waals surface area contributed by atoms with Crippen LogP contribution in [0.4, 0.5) is 23.7 Å². The quantitative estimate of drug-likeness (QED) is 0.147. The van der Waals surface area contributed by atoms with Gasteiger partial charge in [0.25, 0.3) is 5.91 Å². The maximum absolute atomic E-state index is 13.4. The molecule has 3 aromatic rings. The second-order valence-corrected chi connectivity index (χ2v) is 13.4. The predicted molar refractivity (Wildman–Crippen MR) is 186 cm³/mol. The van der Waals surface area contributed by atoms with Crippen LogP contribution in [0.2, 0.25) is 0 Å². The van der Waals surface area contributed by atoms with Crippen LogP contribution < -0.4 is 20.1 Å². The number of para-hydroxylation sites is 2. The van der Waals surface area contributed by atoms with E-state index < -0.39 is 36.4 Å². The van der Waals surface area contributed by atoms with Crippen molar-refractivity contribution in [2.45, 2.75) is 77.8 Å². The number of halogens is 3. The number of alkyl halides is 3. The number of benzene rings is 3. The Hall–Kier alpha value is -4.45. The molecule has 1 heterocycles. The van der Waals surface area contributed by atoms with E-state index in [1.807, 2.05) is 37.3 Å². The van der Waals surface area contributed by atoms with E-state index in [1.165, 1.54) is 17.0 Å².